The molecule has 0 bridgehead atoms. The quantitative estimate of drug-likeness (QED) is 0.0346. The van der Waals surface area contributed by atoms with E-state index in [-0.39, 0.29) is 0 Å². The monoisotopic (exact) mass is 983 g/mol. The fraction of sp³-hybridized carbons (Fsp3) is 0.979. The van der Waals surface area contributed by atoms with Crippen molar-refractivity contribution in [3.63, 3.8) is 0 Å². The zero-order valence-electron chi connectivity index (χ0n) is 37.8. The van der Waals surface area contributed by atoms with Crippen LogP contribution in [-0.4, -0.2) is 57.8 Å². The standard InChI is InChI=1S/C8H16O3.4C8H17.C7H15O.O.2Sn/c1-2-3-4-5-6-7-11-8(9)10;4*1-3-5-7-8-6-4-2;1-2-3-4-5-6-7-8;;;/h2-7H2,1H3,(H,9,10);4*1,3-8H2,2H3;2-7H2,1H3;;;/q;;;;;-1;;2*+1/p-1. The molecule has 0 amide bonds. The molecule has 0 aliphatic rings. The number of unbranched alkanes of at least 4 members (excludes halogenated alkanes) is 28. The second-order valence-electron chi connectivity index (χ2n) is 16.9. The van der Waals surface area contributed by atoms with E-state index in [9.17, 15) is 4.79 Å². The van der Waals surface area contributed by atoms with E-state index < -0.39 is 44.6 Å². The molecule has 54 heavy (non-hydrogen) atoms. The molecule has 0 heterocycles. The molecule has 0 aromatic carbocycles. The maximum absolute atomic E-state index is 13.8. The van der Waals surface area contributed by atoms with Crippen LogP contribution >= 0.6 is 0 Å². The summed E-state index contributed by atoms with van der Waals surface area (Å²) in [7, 11) is 0. The van der Waals surface area contributed by atoms with Crippen LogP contribution in [0.25, 0.3) is 0 Å². The SMILES string of the molecule is CCCCCCC[CH2][Sn]([CH2]CCCCCCC)([O]CCCCCCC)[O][Sn]([CH2]CCCCCCC)([CH2]CCCCCCC)[O]C(=O)OCCCCCCC. The summed E-state index contributed by atoms with van der Waals surface area (Å²) >= 11 is -7.69. The van der Waals surface area contributed by atoms with Crippen LogP contribution < -0.4 is 0 Å². The Morgan fingerprint density at radius 2 is 0.611 bits per heavy atom. The van der Waals surface area contributed by atoms with Gasteiger partial charge >= 0.3 is 352 Å². The van der Waals surface area contributed by atoms with Crippen molar-refractivity contribution in [3.05, 3.63) is 0 Å². The second kappa shape index (κ2) is 41.9. The first kappa shape index (κ1) is 54.8. The van der Waals surface area contributed by atoms with Gasteiger partial charge in [-0.1, -0.05) is 0 Å². The Hall–Kier alpha value is 0.787. The maximum atomic E-state index is 13.8. The van der Waals surface area contributed by atoms with E-state index >= 15 is 0 Å². The third-order valence-corrected chi connectivity index (χ3v) is 44.1. The number of ether oxygens (including phenoxy) is 1. The average molecular weight is 981 g/mol. The summed E-state index contributed by atoms with van der Waals surface area (Å²) in [5.41, 5.74) is 0. The first-order valence-corrected chi connectivity index (χ1v) is 37.4. The summed E-state index contributed by atoms with van der Waals surface area (Å²) < 4.78 is 32.3. The Balaban J connectivity index is 6.53. The van der Waals surface area contributed by atoms with Crippen molar-refractivity contribution in [2.45, 2.75) is 278 Å². The van der Waals surface area contributed by atoms with Crippen LogP contribution in [0.1, 0.15) is 260 Å². The number of carbonyl (C=O) groups excluding carboxylic acids is 1. The van der Waals surface area contributed by atoms with E-state index in [2.05, 4.69) is 41.5 Å². The van der Waals surface area contributed by atoms with Crippen LogP contribution in [0.15, 0.2) is 0 Å². The van der Waals surface area contributed by atoms with Crippen molar-refractivity contribution in [1.29, 1.82) is 0 Å². The molecular formula is C47H98O5Sn2. The fourth-order valence-electron chi connectivity index (χ4n) is 7.79. The summed E-state index contributed by atoms with van der Waals surface area (Å²) in [6.45, 7) is 15.1. The molecule has 7 heteroatoms. The van der Waals surface area contributed by atoms with Crippen LogP contribution in [0.3, 0.4) is 0 Å². The molecule has 0 fully saturated rings. The zero-order chi connectivity index (χ0) is 39.7. The van der Waals surface area contributed by atoms with E-state index in [1.165, 1.54) is 186 Å². The first-order chi connectivity index (χ1) is 26.5. The van der Waals surface area contributed by atoms with Gasteiger partial charge < -0.3 is 0 Å². The van der Waals surface area contributed by atoms with E-state index in [0.29, 0.717) is 6.61 Å². The van der Waals surface area contributed by atoms with E-state index in [4.69, 9.17) is 12.3 Å². The van der Waals surface area contributed by atoms with Crippen LogP contribution in [0.4, 0.5) is 4.79 Å². The van der Waals surface area contributed by atoms with E-state index in [1.54, 1.807) is 0 Å². The van der Waals surface area contributed by atoms with Gasteiger partial charge in [-0.05, 0) is 0 Å². The van der Waals surface area contributed by atoms with Crippen molar-refractivity contribution in [1.82, 2.24) is 0 Å². The molecule has 0 aliphatic carbocycles. The number of hydrogen-bond acceptors (Lipinski definition) is 5. The van der Waals surface area contributed by atoms with Crippen LogP contribution in [0, 0.1) is 0 Å². The summed E-state index contributed by atoms with van der Waals surface area (Å²) in [4.78, 5) is 13.8. The van der Waals surface area contributed by atoms with Crippen molar-refractivity contribution >= 4 is 44.6 Å². The fourth-order valence-corrected chi connectivity index (χ4v) is 48.3. The van der Waals surface area contributed by atoms with Gasteiger partial charge in [-0.3, -0.25) is 0 Å². The Kier molecular flexibility index (Phi) is 42.5. The molecule has 0 rings (SSSR count). The number of rotatable bonds is 44. The van der Waals surface area contributed by atoms with Gasteiger partial charge in [0.2, 0.25) is 0 Å². The Morgan fingerprint density at radius 3 is 0.963 bits per heavy atom. The first-order valence-electron chi connectivity index (χ1n) is 24.7. The van der Waals surface area contributed by atoms with Gasteiger partial charge in [0.15, 0.2) is 0 Å². The molecule has 0 atom stereocenters. The predicted octanol–water partition coefficient (Wildman–Crippen LogP) is 17.4. The minimum atomic E-state index is -4.00. The van der Waals surface area contributed by atoms with Crippen molar-refractivity contribution in [2.75, 3.05) is 13.2 Å². The van der Waals surface area contributed by atoms with Crippen molar-refractivity contribution in [3.8, 4) is 0 Å². The Labute approximate surface area is 350 Å². The van der Waals surface area contributed by atoms with Crippen molar-refractivity contribution < 1.29 is 17.1 Å². The van der Waals surface area contributed by atoms with E-state index in [1.807, 2.05) is 0 Å². The molecular weight excluding hydrogens is 882 g/mol. The van der Waals surface area contributed by atoms with Gasteiger partial charge in [0.1, 0.15) is 0 Å². The molecule has 0 N–H and O–H groups in total. The average Bonchev–Trinajstić information content (AvgIpc) is 3.17. The number of hydrogen-bond donors (Lipinski definition) is 0. The molecule has 0 aliphatic heterocycles. The summed E-state index contributed by atoms with van der Waals surface area (Å²) in [6, 6.07) is 0. The number of carbonyl (C=O) groups is 1. The third-order valence-electron chi connectivity index (χ3n) is 11.4. The van der Waals surface area contributed by atoms with Crippen LogP contribution in [-0.2, 0) is 12.3 Å². The Morgan fingerprint density at radius 1 is 0.333 bits per heavy atom. The molecule has 0 saturated heterocycles. The molecule has 0 aromatic rings. The van der Waals surface area contributed by atoms with Gasteiger partial charge in [0.25, 0.3) is 0 Å². The molecule has 0 saturated carbocycles. The van der Waals surface area contributed by atoms with Gasteiger partial charge in [-0.2, -0.15) is 0 Å². The van der Waals surface area contributed by atoms with E-state index in [0.717, 1.165) is 56.5 Å². The van der Waals surface area contributed by atoms with Crippen LogP contribution in [0.5, 0.6) is 0 Å². The minimum absolute atomic E-state index is 0.419. The van der Waals surface area contributed by atoms with Gasteiger partial charge in [0, 0.05) is 0 Å². The zero-order valence-corrected chi connectivity index (χ0v) is 43.5. The topological polar surface area (TPSA) is 54.0 Å². The predicted molar refractivity (Wildman–Crippen MR) is 241 cm³/mol. The molecule has 5 nitrogen and oxygen atoms in total. The summed E-state index contributed by atoms with van der Waals surface area (Å²) in [5.74, 6) is 0. The van der Waals surface area contributed by atoms with Gasteiger partial charge in [0.05, 0.1) is 0 Å². The summed E-state index contributed by atoms with van der Waals surface area (Å²) in [5, 5.41) is 0. The molecule has 0 radical (unpaired) electrons. The van der Waals surface area contributed by atoms with Crippen LogP contribution in [0.2, 0.25) is 17.7 Å². The molecule has 324 valence electrons. The second-order valence-corrected chi connectivity index (χ2v) is 38.9. The molecule has 0 aromatic heterocycles. The molecule has 0 spiro atoms. The normalized spacial score (nSPS) is 12.1. The Bertz CT molecular complexity index is 710. The van der Waals surface area contributed by atoms with Gasteiger partial charge in [-0.15, -0.1) is 0 Å². The van der Waals surface area contributed by atoms with Crippen molar-refractivity contribution in [2.24, 2.45) is 0 Å². The molecule has 0 unspecified atom stereocenters. The summed E-state index contributed by atoms with van der Waals surface area (Å²) in [6.07, 6.45) is 42.0. The van der Waals surface area contributed by atoms with Gasteiger partial charge in [-0.25, -0.2) is 0 Å². The third kappa shape index (κ3) is 33.7.